The van der Waals surface area contributed by atoms with Crippen LogP contribution in [0.25, 0.3) is 0 Å². The molecule has 0 N–H and O–H groups in total. The first-order valence-electron chi connectivity index (χ1n) is 9.72. The van der Waals surface area contributed by atoms with Crippen LogP contribution >= 0.6 is 0 Å². The van der Waals surface area contributed by atoms with Gasteiger partial charge >= 0.3 is 6.18 Å². The van der Waals surface area contributed by atoms with E-state index in [1.54, 1.807) is 30.3 Å². The van der Waals surface area contributed by atoms with Gasteiger partial charge in [-0.05, 0) is 29.8 Å². The predicted octanol–water partition coefficient (Wildman–Crippen LogP) is 7.48. The van der Waals surface area contributed by atoms with Gasteiger partial charge in [-0.15, -0.1) is 0 Å². The lowest BCUT2D eigenvalue weighted by atomic mass is 10.1. The first kappa shape index (κ1) is 23.7. The molecule has 32 heavy (non-hydrogen) atoms. The van der Waals surface area contributed by atoms with Crippen molar-refractivity contribution in [3.05, 3.63) is 101 Å². The summed E-state index contributed by atoms with van der Waals surface area (Å²) < 4.78 is 87.8. The molecule has 0 aliphatic heterocycles. The van der Waals surface area contributed by atoms with Crippen molar-refractivity contribution in [3.8, 4) is 11.5 Å². The fourth-order valence-corrected chi connectivity index (χ4v) is 5.17. The van der Waals surface area contributed by atoms with Crippen molar-refractivity contribution in [1.82, 2.24) is 0 Å². The maximum absolute atomic E-state index is 15.0. The molecule has 0 heterocycles. The quantitative estimate of drug-likeness (QED) is 0.270. The highest BCUT2D eigenvalue weighted by molar-refractivity contribution is 6.95. The number of hydrogen-bond donors (Lipinski definition) is 0. The van der Waals surface area contributed by atoms with Gasteiger partial charge in [0.15, 0.2) is 19.6 Å². The summed E-state index contributed by atoms with van der Waals surface area (Å²) in [7, 11) is -3.20. The first-order valence-corrected chi connectivity index (χ1v) is 12.7. The number of rotatable bonds is 6. The smallest absolute Gasteiger partial charge is 0.416 e. The summed E-state index contributed by atoms with van der Waals surface area (Å²) in [6, 6.07) is 16.3. The number of ether oxygens (including phenoxy) is 1. The molecule has 1 nitrogen and oxygen atoms in total. The van der Waals surface area contributed by atoms with E-state index in [0.717, 1.165) is 18.2 Å². The summed E-state index contributed by atoms with van der Waals surface area (Å²) in [5.41, 5.74) is -1.54. The second kappa shape index (κ2) is 9.24. The molecule has 168 valence electrons. The summed E-state index contributed by atoms with van der Waals surface area (Å²) >= 11 is 0. The molecule has 0 saturated heterocycles. The van der Waals surface area contributed by atoms with Crippen LogP contribution in [0, 0.1) is 5.82 Å². The van der Waals surface area contributed by atoms with Crippen LogP contribution in [0.15, 0.2) is 84.1 Å². The van der Waals surface area contributed by atoms with E-state index in [1.807, 2.05) is 0 Å². The Hall–Kier alpha value is -3.00. The average molecular weight is 466 g/mol. The molecule has 0 spiro atoms. The van der Waals surface area contributed by atoms with Gasteiger partial charge in [0.05, 0.1) is 5.56 Å². The van der Waals surface area contributed by atoms with E-state index in [4.69, 9.17) is 4.74 Å². The van der Waals surface area contributed by atoms with Crippen LogP contribution < -0.4 is 9.92 Å². The highest BCUT2D eigenvalue weighted by atomic mass is 28.3. The minimum Gasteiger partial charge on any atom is -0.454 e. The average Bonchev–Trinajstić information content (AvgIpc) is 2.75. The normalized spacial score (nSPS) is 13.0. The Morgan fingerprint density at radius 2 is 1.50 bits per heavy atom. The lowest BCUT2D eigenvalue weighted by Crippen LogP contribution is -2.43. The van der Waals surface area contributed by atoms with Crippen LogP contribution in [-0.4, -0.2) is 8.07 Å². The summed E-state index contributed by atoms with van der Waals surface area (Å²) in [4.78, 5) is 0. The monoisotopic (exact) mass is 466 g/mol. The molecule has 3 rings (SSSR count). The minimum atomic E-state index is -4.51. The Bertz CT molecular complexity index is 1110. The molecule has 0 radical (unpaired) electrons. The summed E-state index contributed by atoms with van der Waals surface area (Å²) in [5, 5.41) is 0.324. The number of halogens is 6. The SMILES string of the molecule is C[Si](C)(/C(F)=C(\F)Cc1ccc(F)c(Oc2ccccc2)c1)c1ccc(C(F)(F)F)cc1. The van der Waals surface area contributed by atoms with Gasteiger partial charge in [-0.25, -0.2) is 13.2 Å². The molecule has 0 aliphatic rings. The molecule has 0 saturated carbocycles. The highest BCUT2D eigenvalue weighted by Crippen LogP contribution is 2.31. The van der Waals surface area contributed by atoms with Gasteiger partial charge in [0.1, 0.15) is 17.0 Å². The van der Waals surface area contributed by atoms with E-state index in [-0.39, 0.29) is 5.75 Å². The van der Waals surface area contributed by atoms with Crippen LogP contribution in [0.5, 0.6) is 11.5 Å². The van der Waals surface area contributed by atoms with Crippen molar-refractivity contribution < 1.29 is 31.1 Å². The Kier molecular flexibility index (Phi) is 6.83. The van der Waals surface area contributed by atoms with E-state index in [2.05, 4.69) is 0 Å². The molecule has 0 amide bonds. The zero-order valence-corrected chi connectivity index (χ0v) is 18.3. The third kappa shape index (κ3) is 5.42. The van der Waals surface area contributed by atoms with Gasteiger partial charge < -0.3 is 4.74 Å². The third-order valence-corrected chi connectivity index (χ3v) is 8.19. The molecule has 0 bridgehead atoms. The lowest BCUT2D eigenvalue weighted by molar-refractivity contribution is -0.137. The summed E-state index contributed by atoms with van der Waals surface area (Å²) in [6.07, 6.45) is -4.94. The Labute approximate surface area is 183 Å². The van der Waals surface area contributed by atoms with E-state index in [1.165, 1.54) is 37.4 Å². The second-order valence-electron chi connectivity index (χ2n) is 7.78. The predicted molar refractivity (Wildman–Crippen MR) is 114 cm³/mol. The van der Waals surface area contributed by atoms with E-state index in [9.17, 15) is 22.0 Å². The van der Waals surface area contributed by atoms with E-state index >= 15 is 4.39 Å². The minimum absolute atomic E-state index is 0.124. The van der Waals surface area contributed by atoms with E-state index < -0.39 is 43.3 Å². The first-order chi connectivity index (χ1) is 15.0. The number of hydrogen-bond acceptors (Lipinski definition) is 1. The van der Waals surface area contributed by atoms with Crippen molar-refractivity contribution in [2.45, 2.75) is 25.7 Å². The third-order valence-electron chi connectivity index (χ3n) is 5.05. The maximum atomic E-state index is 15.0. The van der Waals surface area contributed by atoms with Crippen molar-refractivity contribution in [1.29, 1.82) is 0 Å². The zero-order chi connectivity index (χ0) is 23.5. The topological polar surface area (TPSA) is 9.23 Å². The van der Waals surface area contributed by atoms with Crippen LogP contribution in [0.3, 0.4) is 0 Å². The van der Waals surface area contributed by atoms with Gasteiger partial charge in [0.25, 0.3) is 0 Å². The molecule has 0 atom stereocenters. The zero-order valence-electron chi connectivity index (χ0n) is 17.3. The fourth-order valence-electron chi connectivity index (χ4n) is 3.15. The molecule has 3 aromatic rings. The number of allylic oxidation sites excluding steroid dienone is 1. The van der Waals surface area contributed by atoms with Crippen LogP contribution in [0.1, 0.15) is 11.1 Å². The van der Waals surface area contributed by atoms with Crippen LogP contribution in [0.4, 0.5) is 26.3 Å². The second-order valence-corrected chi connectivity index (χ2v) is 12.0. The van der Waals surface area contributed by atoms with Crippen LogP contribution in [0.2, 0.25) is 13.1 Å². The van der Waals surface area contributed by atoms with Crippen molar-refractivity contribution in [3.63, 3.8) is 0 Å². The van der Waals surface area contributed by atoms with Crippen molar-refractivity contribution in [2.75, 3.05) is 0 Å². The van der Waals surface area contributed by atoms with Crippen LogP contribution in [-0.2, 0) is 12.6 Å². The molecular weight excluding hydrogens is 446 g/mol. The Morgan fingerprint density at radius 1 is 0.875 bits per heavy atom. The molecule has 0 aromatic heterocycles. The molecular formula is C24H20F6OSi. The molecule has 0 unspecified atom stereocenters. The van der Waals surface area contributed by atoms with Crippen molar-refractivity contribution >= 4 is 13.3 Å². The Morgan fingerprint density at radius 3 is 2.09 bits per heavy atom. The lowest BCUT2D eigenvalue weighted by Gasteiger charge is -2.22. The van der Waals surface area contributed by atoms with Gasteiger partial charge in [-0.1, -0.05) is 66.8 Å². The van der Waals surface area contributed by atoms with Crippen molar-refractivity contribution in [2.24, 2.45) is 0 Å². The number of para-hydroxylation sites is 1. The van der Waals surface area contributed by atoms with E-state index in [0.29, 0.717) is 16.5 Å². The van der Waals surface area contributed by atoms with Gasteiger partial charge in [0, 0.05) is 6.42 Å². The fraction of sp³-hybridized carbons (Fsp3) is 0.167. The number of alkyl halides is 3. The van der Waals surface area contributed by atoms with Gasteiger partial charge in [0.2, 0.25) is 0 Å². The van der Waals surface area contributed by atoms with Gasteiger partial charge in [-0.2, -0.15) is 13.2 Å². The standard InChI is InChI=1S/C24H20F6OSi/c1-32(2,19-11-9-17(10-12-19)24(28,29)30)23(27)21(26)14-16-8-13-20(25)22(15-16)31-18-6-4-3-5-7-18/h3-13,15H,14H2,1-2H3/b23-21-. The molecule has 0 aliphatic carbocycles. The largest absolute Gasteiger partial charge is 0.454 e. The summed E-state index contributed by atoms with van der Waals surface area (Å²) in [6.45, 7) is 3.03. The Balaban J connectivity index is 1.83. The molecule has 0 fully saturated rings. The highest BCUT2D eigenvalue weighted by Gasteiger charge is 2.35. The number of benzene rings is 3. The maximum Gasteiger partial charge on any atom is 0.416 e. The molecule has 3 aromatic carbocycles. The summed E-state index contributed by atoms with van der Waals surface area (Å²) in [5.74, 6) is -1.43. The molecule has 8 heteroatoms. The van der Waals surface area contributed by atoms with Gasteiger partial charge in [-0.3, -0.25) is 0 Å².